The molecule has 0 saturated carbocycles. The smallest absolute Gasteiger partial charge is 0.242 e. The largest absolute Gasteiger partial charge is 0.361 e. The summed E-state index contributed by atoms with van der Waals surface area (Å²) in [7, 11) is 0. The fourth-order valence-electron chi connectivity index (χ4n) is 3.93. The second-order valence-electron chi connectivity index (χ2n) is 7.46. The van der Waals surface area contributed by atoms with Gasteiger partial charge in [0.05, 0.1) is 5.69 Å². The van der Waals surface area contributed by atoms with Crippen LogP contribution in [0.15, 0.2) is 33.3 Å². The van der Waals surface area contributed by atoms with Gasteiger partial charge in [-0.15, -0.1) is 0 Å². The fourth-order valence-corrected chi connectivity index (χ4v) is 4.48. The molecule has 6 nitrogen and oxygen atoms in total. The summed E-state index contributed by atoms with van der Waals surface area (Å²) in [5.74, 6) is 1.06. The van der Waals surface area contributed by atoms with Crippen LogP contribution in [0.4, 0.5) is 0 Å². The first-order chi connectivity index (χ1) is 13.5. The molecule has 1 amide bonds. The maximum Gasteiger partial charge on any atom is 0.242 e. The van der Waals surface area contributed by atoms with E-state index in [1.54, 1.807) is 0 Å². The van der Waals surface area contributed by atoms with Crippen LogP contribution < -0.4 is 0 Å². The lowest BCUT2D eigenvalue weighted by atomic mass is 10.2. The zero-order valence-corrected chi connectivity index (χ0v) is 18.1. The Morgan fingerprint density at radius 3 is 2.54 bits per heavy atom. The fraction of sp³-hybridized carbons (Fsp3) is 0.429. The van der Waals surface area contributed by atoms with E-state index in [1.807, 2.05) is 30.9 Å². The van der Waals surface area contributed by atoms with Crippen LogP contribution >= 0.6 is 15.9 Å². The number of rotatable bonds is 4. The summed E-state index contributed by atoms with van der Waals surface area (Å²) in [6.07, 6.45) is 0. The van der Waals surface area contributed by atoms with Crippen LogP contribution in [0.1, 0.15) is 22.7 Å². The van der Waals surface area contributed by atoms with Gasteiger partial charge in [-0.05, 0) is 42.8 Å². The first-order valence-corrected chi connectivity index (χ1v) is 10.4. The lowest BCUT2D eigenvalue weighted by molar-refractivity contribution is -0.133. The number of hydrogen-bond donors (Lipinski definition) is 0. The molecule has 1 fully saturated rings. The molecule has 148 valence electrons. The van der Waals surface area contributed by atoms with E-state index in [1.165, 1.54) is 5.56 Å². The summed E-state index contributed by atoms with van der Waals surface area (Å²) in [6, 6.07) is 8.20. The van der Waals surface area contributed by atoms with E-state index in [9.17, 15) is 4.79 Å². The zero-order chi connectivity index (χ0) is 19.8. The van der Waals surface area contributed by atoms with E-state index in [0.717, 1.165) is 65.2 Å². The molecule has 1 aromatic carbocycles. The number of nitrogens with zero attached hydrogens (tertiary/aromatic N) is 4. The highest BCUT2D eigenvalue weighted by atomic mass is 79.9. The molecule has 0 N–H and O–H groups in total. The predicted molar refractivity (Wildman–Crippen MR) is 112 cm³/mol. The van der Waals surface area contributed by atoms with Gasteiger partial charge < -0.3 is 14.0 Å². The Morgan fingerprint density at radius 1 is 1.14 bits per heavy atom. The molecule has 0 aliphatic carbocycles. The summed E-state index contributed by atoms with van der Waals surface area (Å²) >= 11 is 3.67. The Kier molecular flexibility index (Phi) is 5.29. The number of halogens is 1. The molecule has 4 rings (SSSR count). The van der Waals surface area contributed by atoms with Crippen molar-refractivity contribution >= 4 is 32.7 Å². The minimum absolute atomic E-state index is 0.174. The summed E-state index contributed by atoms with van der Waals surface area (Å²) < 4.78 is 8.44. The molecule has 0 atom stereocenters. The molecule has 0 bridgehead atoms. The van der Waals surface area contributed by atoms with Crippen molar-refractivity contribution in [3.8, 4) is 0 Å². The number of carbonyl (C=O) groups is 1. The quantitative estimate of drug-likeness (QED) is 0.615. The van der Waals surface area contributed by atoms with Crippen LogP contribution in [0.2, 0.25) is 0 Å². The molecule has 0 unspecified atom stereocenters. The van der Waals surface area contributed by atoms with E-state index < -0.39 is 0 Å². The van der Waals surface area contributed by atoms with Gasteiger partial charge in [-0.2, -0.15) is 0 Å². The highest BCUT2D eigenvalue weighted by Gasteiger charge is 2.24. The average molecular weight is 445 g/mol. The highest BCUT2D eigenvalue weighted by Crippen LogP contribution is 2.30. The van der Waals surface area contributed by atoms with Crippen LogP contribution in [0.3, 0.4) is 0 Å². The standard InChI is InChI=1S/C21H25BrN4O2/c1-14-18(16(3)28-23-14)12-24-8-10-25(11-9-24)20(27)13-26-15(2)21(22)17-6-4-5-7-19(17)26/h4-7H,8-13H2,1-3H3. The van der Waals surface area contributed by atoms with Gasteiger partial charge in [0.1, 0.15) is 12.3 Å². The monoisotopic (exact) mass is 444 g/mol. The van der Waals surface area contributed by atoms with Gasteiger partial charge in [0.2, 0.25) is 5.91 Å². The SMILES string of the molecule is Cc1noc(C)c1CN1CCN(C(=O)Cn2c(C)c(Br)c3ccccc32)CC1. The molecule has 1 saturated heterocycles. The van der Waals surface area contributed by atoms with Gasteiger partial charge in [0.25, 0.3) is 0 Å². The average Bonchev–Trinajstić information content (AvgIpc) is 3.15. The van der Waals surface area contributed by atoms with E-state index in [2.05, 4.69) is 49.6 Å². The number of hydrogen-bond acceptors (Lipinski definition) is 4. The van der Waals surface area contributed by atoms with Crippen molar-refractivity contribution in [1.29, 1.82) is 0 Å². The van der Waals surface area contributed by atoms with E-state index in [4.69, 9.17) is 4.52 Å². The van der Waals surface area contributed by atoms with Gasteiger partial charge in [0, 0.05) is 59.4 Å². The number of benzene rings is 1. The Balaban J connectivity index is 1.41. The van der Waals surface area contributed by atoms with E-state index in [-0.39, 0.29) is 5.91 Å². The minimum atomic E-state index is 0.174. The van der Waals surface area contributed by atoms with Crippen LogP contribution in [0.25, 0.3) is 10.9 Å². The first kappa shape index (κ1) is 19.2. The van der Waals surface area contributed by atoms with Crippen LogP contribution in [0.5, 0.6) is 0 Å². The molecule has 0 spiro atoms. The Labute approximate surface area is 173 Å². The molecule has 2 aromatic heterocycles. The number of piperazine rings is 1. The Hall–Kier alpha value is -2.12. The molecule has 7 heteroatoms. The summed E-state index contributed by atoms with van der Waals surface area (Å²) in [6.45, 7) is 10.4. The third-order valence-corrected chi connectivity index (χ3v) is 6.74. The topological polar surface area (TPSA) is 54.5 Å². The number of carbonyl (C=O) groups excluding carboxylic acids is 1. The van der Waals surface area contributed by atoms with Crippen molar-refractivity contribution in [2.75, 3.05) is 26.2 Å². The Morgan fingerprint density at radius 2 is 1.86 bits per heavy atom. The summed E-state index contributed by atoms with van der Waals surface area (Å²) in [5, 5.41) is 5.18. The van der Waals surface area contributed by atoms with Crippen molar-refractivity contribution in [3.63, 3.8) is 0 Å². The lowest BCUT2D eigenvalue weighted by Gasteiger charge is -2.35. The molecule has 3 heterocycles. The summed E-state index contributed by atoms with van der Waals surface area (Å²) in [4.78, 5) is 17.3. The predicted octanol–water partition coefficient (Wildman–Crippen LogP) is 3.66. The van der Waals surface area contributed by atoms with E-state index >= 15 is 0 Å². The maximum atomic E-state index is 13.0. The molecule has 3 aromatic rings. The first-order valence-electron chi connectivity index (χ1n) is 9.61. The van der Waals surface area contributed by atoms with Crippen molar-refractivity contribution in [1.82, 2.24) is 19.5 Å². The van der Waals surface area contributed by atoms with Gasteiger partial charge in [0.15, 0.2) is 0 Å². The van der Waals surface area contributed by atoms with Crippen LogP contribution in [-0.4, -0.2) is 51.6 Å². The summed E-state index contributed by atoms with van der Waals surface area (Å²) in [5.41, 5.74) is 4.31. The van der Waals surface area contributed by atoms with Gasteiger partial charge in [-0.3, -0.25) is 9.69 Å². The second-order valence-corrected chi connectivity index (χ2v) is 8.26. The third kappa shape index (κ3) is 3.49. The third-order valence-electron chi connectivity index (χ3n) is 5.74. The van der Waals surface area contributed by atoms with Crippen molar-refractivity contribution in [3.05, 3.63) is 51.4 Å². The second kappa shape index (κ2) is 7.72. The van der Waals surface area contributed by atoms with E-state index in [0.29, 0.717) is 6.54 Å². The van der Waals surface area contributed by atoms with Gasteiger partial charge in [-0.25, -0.2) is 0 Å². The molecule has 1 aliphatic heterocycles. The number of para-hydroxylation sites is 1. The normalized spacial score (nSPS) is 15.5. The van der Waals surface area contributed by atoms with Crippen LogP contribution in [0, 0.1) is 20.8 Å². The molecular formula is C21H25BrN4O2. The molecule has 1 aliphatic rings. The molecule has 0 radical (unpaired) electrons. The zero-order valence-electron chi connectivity index (χ0n) is 16.5. The Bertz CT molecular complexity index is 996. The van der Waals surface area contributed by atoms with Gasteiger partial charge >= 0.3 is 0 Å². The minimum Gasteiger partial charge on any atom is -0.361 e. The van der Waals surface area contributed by atoms with Crippen molar-refractivity contribution in [2.45, 2.75) is 33.9 Å². The maximum absolute atomic E-state index is 13.0. The number of amides is 1. The molecule has 28 heavy (non-hydrogen) atoms. The van der Waals surface area contributed by atoms with Crippen LogP contribution in [-0.2, 0) is 17.9 Å². The molecular weight excluding hydrogens is 420 g/mol. The number of aromatic nitrogens is 2. The van der Waals surface area contributed by atoms with Crippen molar-refractivity contribution in [2.24, 2.45) is 0 Å². The number of fused-ring (bicyclic) bond motifs is 1. The number of aryl methyl sites for hydroxylation is 2. The highest BCUT2D eigenvalue weighted by molar-refractivity contribution is 9.10. The van der Waals surface area contributed by atoms with Gasteiger partial charge in [-0.1, -0.05) is 23.4 Å². The lowest BCUT2D eigenvalue weighted by Crippen LogP contribution is -2.49. The van der Waals surface area contributed by atoms with Crippen molar-refractivity contribution < 1.29 is 9.32 Å².